The van der Waals surface area contributed by atoms with Crippen molar-refractivity contribution in [1.82, 2.24) is 0 Å². The maximum atomic E-state index is 12.3. The van der Waals surface area contributed by atoms with Crippen molar-refractivity contribution in [2.24, 2.45) is 5.73 Å². The number of nitrogens with one attached hydrogen (secondary N) is 1. The molecule has 3 amide bonds. The summed E-state index contributed by atoms with van der Waals surface area (Å²) in [7, 11) is -3.63. The standard InChI is InChI=1S/C16H17N3O5S2/c17-15(21)11-4-6-13(7-5-11)19(25)16(22)18-12-2-1-3-14(10-12)26(23,24)9-8-20/h1-7,10,20,25H,8-9H2,(H2,17,21)(H,18,22). The summed E-state index contributed by atoms with van der Waals surface area (Å²) in [6, 6.07) is 10.9. The highest BCUT2D eigenvalue weighted by Crippen LogP contribution is 2.21. The number of primary amides is 1. The summed E-state index contributed by atoms with van der Waals surface area (Å²) in [5.74, 6) is -0.998. The third-order valence-corrected chi connectivity index (χ3v) is 5.50. The molecule has 138 valence electrons. The van der Waals surface area contributed by atoms with Crippen molar-refractivity contribution in [3.05, 3.63) is 54.1 Å². The Morgan fingerprint density at radius 1 is 1.15 bits per heavy atom. The van der Waals surface area contributed by atoms with E-state index in [-0.39, 0.29) is 16.1 Å². The number of amides is 3. The van der Waals surface area contributed by atoms with E-state index in [9.17, 15) is 18.0 Å². The number of hydrogen-bond donors (Lipinski definition) is 4. The first-order valence-corrected chi connectivity index (χ1v) is 9.43. The molecule has 0 aliphatic heterocycles. The number of nitrogens with two attached hydrogens (primary N) is 1. The molecule has 0 unspecified atom stereocenters. The highest BCUT2D eigenvalue weighted by Gasteiger charge is 2.16. The summed E-state index contributed by atoms with van der Waals surface area (Å²) < 4.78 is 25.0. The minimum Gasteiger partial charge on any atom is -0.395 e. The van der Waals surface area contributed by atoms with Crippen molar-refractivity contribution in [2.75, 3.05) is 22.0 Å². The van der Waals surface area contributed by atoms with Gasteiger partial charge in [0, 0.05) is 11.3 Å². The average molecular weight is 395 g/mol. The fourth-order valence-electron chi connectivity index (χ4n) is 2.07. The maximum Gasteiger partial charge on any atom is 0.336 e. The number of benzene rings is 2. The molecule has 26 heavy (non-hydrogen) atoms. The minimum absolute atomic E-state index is 0.0131. The lowest BCUT2D eigenvalue weighted by Gasteiger charge is -2.17. The van der Waals surface area contributed by atoms with Gasteiger partial charge in [0.2, 0.25) is 5.91 Å². The van der Waals surface area contributed by atoms with Crippen molar-refractivity contribution < 1.29 is 23.1 Å². The number of urea groups is 1. The quantitative estimate of drug-likeness (QED) is 0.550. The van der Waals surface area contributed by atoms with E-state index in [0.29, 0.717) is 5.69 Å². The Balaban J connectivity index is 2.15. The Labute approximate surface area is 156 Å². The number of aliphatic hydroxyl groups excluding tert-OH is 1. The Kier molecular flexibility index (Phi) is 6.24. The number of rotatable bonds is 6. The van der Waals surface area contributed by atoms with Gasteiger partial charge in [-0.1, -0.05) is 18.9 Å². The summed E-state index contributed by atoms with van der Waals surface area (Å²) in [6.45, 7) is -0.495. The number of carbonyl (C=O) groups excluding carboxylic acids is 2. The number of thiol groups is 1. The van der Waals surface area contributed by atoms with E-state index in [1.165, 1.54) is 48.5 Å². The number of aliphatic hydroxyl groups is 1. The van der Waals surface area contributed by atoms with E-state index in [1.807, 2.05) is 0 Å². The van der Waals surface area contributed by atoms with Gasteiger partial charge in [0.25, 0.3) is 0 Å². The molecule has 0 fully saturated rings. The van der Waals surface area contributed by atoms with Crippen LogP contribution in [0.2, 0.25) is 0 Å². The van der Waals surface area contributed by atoms with Crippen LogP contribution in [-0.2, 0) is 9.84 Å². The average Bonchev–Trinajstić information content (AvgIpc) is 2.61. The summed E-state index contributed by atoms with van der Waals surface area (Å²) >= 11 is 4.10. The molecule has 2 aromatic carbocycles. The molecule has 2 aromatic rings. The molecule has 0 saturated heterocycles. The molecule has 0 bridgehead atoms. The summed E-state index contributed by atoms with van der Waals surface area (Å²) in [6.07, 6.45) is 0. The van der Waals surface area contributed by atoms with E-state index < -0.39 is 34.1 Å². The molecular weight excluding hydrogens is 378 g/mol. The first kappa shape index (κ1) is 19.8. The van der Waals surface area contributed by atoms with Gasteiger partial charge in [-0.15, -0.1) is 0 Å². The lowest BCUT2D eigenvalue weighted by atomic mass is 10.2. The van der Waals surface area contributed by atoms with E-state index >= 15 is 0 Å². The second-order valence-corrected chi connectivity index (χ2v) is 7.73. The fourth-order valence-corrected chi connectivity index (χ4v) is 3.32. The van der Waals surface area contributed by atoms with Gasteiger partial charge in [-0.25, -0.2) is 17.5 Å². The zero-order chi connectivity index (χ0) is 19.3. The van der Waals surface area contributed by atoms with Crippen LogP contribution in [0.4, 0.5) is 16.2 Å². The molecule has 0 aliphatic rings. The van der Waals surface area contributed by atoms with Gasteiger partial charge in [-0.3, -0.25) is 4.79 Å². The zero-order valence-corrected chi connectivity index (χ0v) is 15.2. The Morgan fingerprint density at radius 2 is 1.81 bits per heavy atom. The van der Waals surface area contributed by atoms with E-state index in [0.717, 1.165) is 4.31 Å². The third kappa shape index (κ3) is 4.75. The molecule has 0 aromatic heterocycles. The fraction of sp³-hybridized carbons (Fsp3) is 0.125. The lowest BCUT2D eigenvalue weighted by molar-refractivity contribution is 0.100. The molecule has 0 aliphatic carbocycles. The molecule has 0 radical (unpaired) electrons. The normalized spacial score (nSPS) is 11.0. The van der Waals surface area contributed by atoms with Crippen LogP contribution in [0.15, 0.2) is 53.4 Å². The van der Waals surface area contributed by atoms with E-state index in [2.05, 4.69) is 18.1 Å². The van der Waals surface area contributed by atoms with Crippen LogP contribution in [-0.4, -0.2) is 37.8 Å². The third-order valence-electron chi connectivity index (χ3n) is 3.39. The molecule has 4 N–H and O–H groups in total. The van der Waals surface area contributed by atoms with Gasteiger partial charge < -0.3 is 16.2 Å². The van der Waals surface area contributed by atoms with Crippen LogP contribution in [0.5, 0.6) is 0 Å². The Bertz CT molecular complexity index is 914. The van der Waals surface area contributed by atoms with Gasteiger partial charge in [0.15, 0.2) is 9.84 Å². The summed E-state index contributed by atoms with van der Waals surface area (Å²) in [5, 5.41) is 11.4. The molecule has 8 nitrogen and oxygen atoms in total. The van der Waals surface area contributed by atoms with Crippen LogP contribution < -0.4 is 15.4 Å². The van der Waals surface area contributed by atoms with E-state index in [4.69, 9.17) is 10.8 Å². The van der Waals surface area contributed by atoms with Crippen molar-refractivity contribution in [1.29, 1.82) is 0 Å². The maximum absolute atomic E-state index is 12.3. The smallest absolute Gasteiger partial charge is 0.336 e. The lowest BCUT2D eigenvalue weighted by Crippen LogP contribution is -2.27. The number of carbonyl (C=O) groups is 2. The second-order valence-electron chi connectivity index (χ2n) is 5.22. The number of hydrogen-bond acceptors (Lipinski definition) is 6. The monoisotopic (exact) mass is 395 g/mol. The van der Waals surface area contributed by atoms with Gasteiger partial charge in [-0.05, 0) is 42.5 Å². The highest BCUT2D eigenvalue weighted by atomic mass is 32.2. The highest BCUT2D eigenvalue weighted by molar-refractivity contribution is 7.91. The van der Waals surface area contributed by atoms with Crippen molar-refractivity contribution in [3.63, 3.8) is 0 Å². The number of sulfone groups is 1. The van der Waals surface area contributed by atoms with Crippen LogP contribution >= 0.6 is 12.8 Å². The van der Waals surface area contributed by atoms with Crippen LogP contribution in [0, 0.1) is 0 Å². The second kappa shape index (κ2) is 8.21. The van der Waals surface area contributed by atoms with Crippen molar-refractivity contribution >= 4 is 46.0 Å². The number of anilines is 2. The van der Waals surface area contributed by atoms with Crippen LogP contribution in [0.3, 0.4) is 0 Å². The first-order valence-electron chi connectivity index (χ1n) is 7.38. The van der Waals surface area contributed by atoms with Gasteiger partial charge in [0.05, 0.1) is 22.9 Å². The predicted molar refractivity (Wildman–Crippen MR) is 101 cm³/mol. The Hall–Kier alpha value is -2.56. The molecule has 10 heteroatoms. The van der Waals surface area contributed by atoms with Gasteiger partial charge >= 0.3 is 6.03 Å². The topological polar surface area (TPSA) is 130 Å². The van der Waals surface area contributed by atoms with Gasteiger partial charge in [-0.2, -0.15) is 0 Å². The summed E-state index contributed by atoms with van der Waals surface area (Å²) in [4.78, 5) is 23.3. The molecule has 0 atom stereocenters. The van der Waals surface area contributed by atoms with E-state index in [1.54, 1.807) is 0 Å². The van der Waals surface area contributed by atoms with Gasteiger partial charge in [0.1, 0.15) is 0 Å². The molecule has 0 spiro atoms. The first-order chi connectivity index (χ1) is 12.2. The predicted octanol–water partition coefficient (Wildman–Crippen LogP) is 1.43. The molecule has 0 heterocycles. The minimum atomic E-state index is -3.63. The number of nitrogens with zero attached hydrogens (tertiary/aromatic N) is 1. The largest absolute Gasteiger partial charge is 0.395 e. The zero-order valence-electron chi connectivity index (χ0n) is 13.5. The molecule has 0 saturated carbocycles. The molecular formula is C16H17N3O5S2. The van der Waals surface area contributed by atoms with Crippen LogP contribution in [0.1, 0.15) is 10.4 Å². The SMILES string of the molecule is NC(=O)c1ccc(N(S)C(=O)Nc2cccc(S(=O)(=O)CCO)c2)cc1. The summed E-state index contributed by atoms with van der Waals surface area (Å²) in [5.41, 5.74) is 6.09. The Morgan fingerprint density at radius 3 is 2.38 bits per heavy atom. The van der Waals surface area contributed by atoms with Crippen molar-refractivity contribution in [2.45, 2.75) is 4.90 Å². The van der Waals surface area contributed by atoms with Crippen LogP contribution in [0.25, 0.3) is 0 Å². The molecule has 2 rings (SSSR count). The van der Waals surface area contributed by atoms with Crippen molar-refractivity contribution in [3.8, 4) is 0 Å².